The summed E-state index contributed by atoms with van der Waals surface area (Å²) in [4.78, 5) is 12.9. The van der Waals surface area contributed by atoms with Crippen molar-refractivity contribution in [3.05, 3.63) is 40.8 Å². The number of thiophene rings is 1. The van der Waals surface area contributed by atoms with Crippen LogP contribution in [0, 0.1) is 6.92 Å². The Bertz CT molecular complexity index is 849. The zero-order valence-electron chi connectivity index (χ0n) is 12.6. The number of nitrogens with one attached hydrogen (secondary N) is 1. The minimum Gasteiger partial charge on any atom is -0.493 e. The van der Waals surface area contributed by atoms with Crippen molar-refractivity contribution in [3.8, 4) is 11.5 Å². The topological polar surface area (TPSA) is 81.7 Å². The lowest BCUT2D eigenvalue weighted by Gasteiger charge is -2.11. The maximum Gasteiger partial charge on any atom is 0.387 e. The summed E-state index contributed by atoms with van der Waals surface area (Å²) in [7, 11) is -2.79. The molecule has 0 saturated carbocycles. The zero-order chi connectivity index (χ0) is 17.9. The highest BCUT2D eigenvalue weighted by atomic mass is 32.2. The summed E-state index contributed by atoms with van der Waals surface area (Å²) in [5.74, 6) is -1.35. The third-order valence-electron chi connectivity index (χ3n) is 2.85. The molecular weight excluding hydrogens is 364 g/mol. The first kappa shape index (κ1) is 18.1. The molecule has 0 atom stereocenters. The Morgan fingerprint density at radius 3 is 2.46 bits per heavy atom. The molecule has 0 aliphatic rings. The van der Waals surface area contributed by atoms with Gasteiger partial charge in [-0.2, -0.15) is 8.78 Å². The predicted molar refractivity (Wildman–Crippen MR) is 83.3 cm³/mol. The molecule has 0 saturated heterocycles. The highest BCUT2D eigenvalue weighted by Gasteiger charge is 2.22. The first-order valence-electron chi connectivity index (χ1n) is 6.49. The van der Waals surface area contributed by atoms with Crippen LogP contribution >= 0.6 is 11.3 Å². The number of ether oxygens (including phenoxy) is 2. The summed E-state index contributed by atoms with van der Waals surface area (Å²) in [6.07, 6.45) is 0. The number of halogens is 2. The third-order valence-corrected chi connectivity index (χ3v) is 5.67. The van der Waals surface area contributed by atoms with Crippen LogP contribution in [0.1, 0.15) is 15.2 Å². The van der Waals surface area contributed by atoms with Crippen LogP contribution in [0.2, 0.25) is 0 Å². The second-order valence-corrected chi connectivity index (χ2v) is 7.74. The molecule has 6 nitrogen and oxygen atoms in total. The number of carbonyl (C=O) groups is 1. The van der Waals surface area contributed by atoms with E-state index < -0.39 is 22.5 Å². The molecule has 24 heavy (non-hydrogen) atoms. The third kappa shape index (κ3) is 4.20. The van der Waals surface area contributed by atoms with E-state index >= 15 is 0 Å². The quantitative estimate of drug-likeness (QED) is 0.837. The lowest BCUT2D eigenvalue weighted by molar-refractivity contribution is -0.0512. The van der Waals surface area contributed by atoms with Crippen LogP contribution in [-0.4, -0.2) is 28.0 Å². The molecule has 0 aliphatic carbocycles. The van der Waals surface area contributed by atoms with Crippen molar-refractivity contribution in [2.75, 3.05) is 7.11 Å². The molecule has 0 radical (unpaired) electrons. The van der Waals surface area contributed by atoms with Gasteiger partial charge in [0.05, 0.1) is 7.11 Å². The number of methoxy groups -OCH3 is 1. The van der Waals surface area contributed by atoms with Gasteiger partial charge in [0.1, 0.15) is 4.21 Å². The maximum absolute atomic E-state index is 12.4. The van der Waals surface area contributed by atoms with Gasteiger partial charge in [0.25, 0.3) is 15.9 Å². The number of aryl methyl sites for hydroxylation is 1. The molecule has 1 heterocycles. The molecule has 1 amide bonds. The molecule has 1 aromatic carbocycles. The van der Waals surface area contributed by atoms with E-state index in [1.54, 1.807) is 13.0 Å². The van der Waals surface area contributed by atoms with E-state index in [9.17, 15) is 22.0 Å². The number of hydrogen-bond acceptors (Lipinski definition) is 6. The second kappa shape index (κ2) is 7.14. The lowest BCUT2D eigenvalue weighted by Crippen LogP contribution is -2.30. The Morgan fingerprint density at radius 1 is 1.21 bits per heavy atom. The van der Waals surface area contributed by atoms with E-state index in [-0.39, 0.29) is 21.3 Å². The van der Waals surface area contributed by atoms with Gasteiger partial charge in [0.2, 0.25) is 0 Å². The van der Waals surface area contributed by atoms with Crippen LogP contribution < -0.4 is 14.2 Å². The van der Waals surface area contributed by atoms with Gasteiger partial charge >= 0.3 is 6.61 Å². The predicted octanol–water partition coefficient (Wildman–Crippen LogP) is 2.79. The van der Waals surface area contributed by atoms with E-state index in [0.29, 0.717) is 0 Å². The van der Waals surface area contributed by atoms with Crippen LogP contribution in [0.4, 0.5) is 8.78 Å². The van der Waals surface area contributed by atoms with E-state index in [1.165, 1.54) is 25.3 Å². The van der Waals surface area contributed by atoms with Crippen molar-refractivity contribution >= 4 is 27.3 Å². The molecule has 10 heteroatoms. The number of alkyl halides is 2. The van der Waals surface area contributed by atoms with Crippen molar-refractivity contribution in [3.63, 3.8) is 0 Å². The van der Waals surface area contributed by atoms with Gasteiger partial charge in [-0.05, 0) is 37.3 Å². The Morgan fingerprint density at radius 2 is 1.92 bits per heavy atom. The maximum atomic E-state index is 12.4. The minimum absolute atomic E-state index is 0.0106. The number of benzene rings is 1. The van der Waals surface area contributed by atoms with E-state index in [2.05, 4.69) is 4.74 Å². The number of hydrogen-bond donors (Lipinski definition) is 1. The molecule has 1 aromatic heterocycles. The van der Waals surface area contributed by atoms with E-state index in [1.807, 2.05) is 4.72 Å². The molecule has 2 aromatic rings. The first-order valence-corrected chi connectivity index (χ1v) is 8.79. The molecule has 0 fully saturated rings. The molecule has 0 bridgehead atoms. The monoisotopic (exact) mass is 377 g/mol. The fraction of sp³-hybridized carbons (Fsp3) is 0.214. The first-order chi connectivity index (χ1) is 11.2. The number of rotatable bonds is 6. The highest BCUT2D eigenvalue weighted by molar-refractivity contribution is 7.92. The zero-order valence-corrected chi connectivity index (χ0v) is 14.2. The minimum atomic E-state index is -4.04. The summed E-state index contributed by atoms with van der Waals surface area (Å²) in [6, 6.07) is 6.42. The van der Waals surface area contributed by atoms with Gasteiger partial charge in [-0.3, -0.25) is 4.79 Å². The van der Waals surface area contributed by atoms with Gasteiger partial charge in [-0.1, -0.05) is 0 Å². The Balaban J connectivity index is 2.26. The smallest absolute Gasteiger partial charge is 0.387 e. The molecular formula is C14H13F2NO5S2. The van der Waals surface area contributed by atoms with Crippen molar-refractivity contribution in [2.45, 2.75) is 17.7 Å². The van der Waals surface area contributed by atoms with E-state index in [4.69, 9.17) is 4.74 Å². The van der Waals surface area contributed by atoms with Crippen LogP contribution in [0.5, 0.6) is 11.5 Å². The van der Waals surface area contributed by atoms with Crippen LogP contribution in [0.15, 0.2) is 34.5 Å². The average Bonchev–Trinajstić information content (AvgIpc) is 2.93. The van der Waals surface area contributed by atoms with Gasteiger partial charge in [-0.15, -0.1) is 11.3 Å². The van der Waals surface area contributed by atoms with Gasteiger partial charge in [-0.25, -0.2) is 13.1 Å². The standard InChI is InChI=1S/C14H13F2NO5S2/c1-8-3-6-12(23-8)24(19,20)17-13(18)9-4-5-10(21-2)11(7-9)22-14(15)16/h3-7,14H,1-2H3,(H,17,18). The highest BCUT2D eigenvalue weighted by Crippen LogP contribution is 2.29. The summed E-state index contributed by atoms with van der Waals surface area (Å²) in [5.41, 5.74) is -0.164. The van der Waals surface area contributed by atoms with Crippen molar-refractivity contribution < 1.29 is 31.5 Å². The van der Waals surface area contributed by atoms with Crippen LogP contribution in [-0.2, 0) is 10.0 Å². The van der Waals surface area contributed by atoms with Gasteiger partial charge in [0, 0.05) is 10.4 Å². The fourth-order valence-corrected chi connectivity index (χ4v) is 4.05. The summed E-state index contributed by atoms with van der Waals surface area (Å²) < 4.78 is 60.0. The molecule has 0 aliphatic heterocycles. The Kier molecular flexibility index (Phi) is 5.40. The van der Waals surface area contributed by atoms with Crippen LogP contribution in [0.3, 0.4) is 0 Å². The van der Waals surface area contributed by atoms with Crippen molar-refractivity contribution in [1.29, 1.82) is 0 Å². The fourth-order valence-electron chi connectivity index (χ4n) is 1.79. The largest absolute Gasteiger partial charge is 0.493 e. The van der Waals surface area contributed by atoms with Crippen LogP contribution in [0.25, 0.3) is 0 Å². The SMILES string of the molecule is COc1ccc(C(=O)NS(=O)(=O)c2ccc(C)s2)cc1OC(F)F. The van der Waals surface area contributed by atoms with Gasteiger partial charge < -0.3 is 9.47 Å². The molecule has 1 N–H and O–H groups in total. The van der Waals surface area contributed by atoms with Crippen molar-refractivity contribution in [1.82, 2.24) is 4.72 Å². The molecule has 0 unspecified atom stereocenters. The molecule has 0 spiro atoms. The van der Waals surface area contributed by atoms with Gasteiger partial charge in [0.15, 0.2) is 11.5 Å². The van der Waals surface area contributed by atoms with Crippen molar-refractivity contribution in [2.24, 2.45) is 0 Å². The Labute approximate surface area is 141 Å². The number of sulfonamides is 1. The Hall–Kier alpha value is -2.20. The average molecular weight is 377 g/mol. The normalized spacial score (nSPS) is 11.4. The molecule has 2 rings (SSSR count). The molecule has 130 valence electrons. The summed E-state index contributed by atoms with van der Waals surface area (Å²) >= 11 is 1.00. The second-order valence-electron chi connectivity index (χ2n) is 4.54. The lowest BCUT2D eigenvalue weighted by atomic mass is 10.2. The number of amides is 1. The summed E-state index contributed by atoms with van der Waals surface area (Å²) in [5, 5.41) is 0. The number of carbonyl (C=O) groups excluding carboxylic acids is 1. The van der Waals surface area contributed by atoms with E-state index in [0.717, 1.165) is 22.3 Å². The summed E-state index contributed by atoms with van der Waals surface area (Å²) in [6.45, 7) is -1.39.